The second-order valence-corrected chi connectivity index (χ2v) is 15.6. The molecule has 0 fully saturated rings. The second-order valence-electron chi connectivity index (χ2n) is 13.5. The number of anilines is 1. The number of aliphatic carboxylic acids is 2. The number of aliphatic hydroxyl groups excluding tert-OH is 1. The molecule has 3 aromatic rings. The van der Waals surface area contributed by atoms with E-state index in [0.29, 0.717) is 16.7 Å². The van der Waals surface area contributed by atoms with E-state index < -0.39 is 22.8 Å². The van der Waals surface area contributed by atoms with Gasteiger partial charge in [-0.05, 0) is 78.1 Å². The Morgan fingerprint density at radius 2 is 1.79 bits per heavy atom. The van der Waals surface area contributed by atoms with Crippen LogP contribution in [0, 0.1) is 0 Å². The third-order valence-corrected chi connectivity index (χ3v) is 11.9. The Bertz CT molecular complexity index is 2070. The van der Waals surface area contributed by atoms with Crippen LogP contribution >= 0.6 is 23.1 Å². The Labute approximate surface area is 286 Å². The van der Waals surface area contributed by atoms with Gasteiger partial charge in [0.15, 0.2) is 5.71 Å². The minimum Gasteiger partial charge on any atom is -0.506 e. The highest BCUT2D eigenvalue weighted by Gasteiger charge is 2.48. The lowest BCUT2D eigenvalue weighted by atomic mass is 9.77. The minimum atomic E-state index is -1.02. The minimum absolute atomic E-state index is 0.0951. The first kappa shape index (κ1) is 31.9. The molecule has 0 amide bonds. The fourth-order valence-electron chi connectivity index (χ4n) is 7.28. The van der Waals surface area contributed by atoms with Gasteiger partial charge in [-0.3, -0.25) is 9.59 Å². The average molecular weight is 680 g/mol. The van der Waals surface area contributed by atoms with Gasteiger partial charge in [-0.1, -0.05) is 38.1 Å². The van der Waals surface area contributed by atoms with Gasteiger partial charge in [0.2, 0.25) is 18.0 Å². The molecule has 8 nitrogen and oxygen atoms in total. The maximum atomic E-state index is 13.8. The first-order valence-corrected chi connectivity index (χ1v) is 17.5. The predicted octanol–water partition coefficient (Wildman–Crippen LogP) is 7.66. The summed E-state index contributed by atoms with van der Waals surface area (Å²) in [6.45, 7) is 7.38. The van der Waals surface area contributed by atoms with Gasteiger partial charge >= 0.3 is 11.9 Å². The van der Waals surface area contributed by atoms with E-state index in [0.717, 1.165) is 44.9 Å². The standard InChI is InChI=1S/C38H34N2O6S2/c1-37(2)25-15-21(29-7-5-13-47-29)9-11-27(25)39(19-33(41)42)31(37)17-23-35(45)24(36(23)46)18-32-38(3,4)26-16-22(30-8-6-14-48-30)10-12-28(26)40(32)20-34(43)44/h5-7,9-18,30H,8,19-20H2,1-4H3,(H2-,41,42,43,44,45,46)/p+1. The summed E-state index contributed by atoms with van der Waals surface area (Å²) in [5, 5.41) is 35.5. The van der Waals surface area contributed by atoms with E-state index in [1.54, 1.807) is 44.7 Å². The molecular formula is C38H35N2O6S2+. The first-order chi connectivity index (χ1) is 22.8. The molecule has 4 aliphatic rings. The number of aliphatic hydroxyl groups is 1. The molecule has 1 aliphatic carbocycles. The Morgan fingerprint density at radius 1 is 1.00 bits per heavy atom. The van der Waals surface area contributed by atoms with Crippen LogP contribution in [-0.4, -0.2) is 56.4 Å². The van der Waals surface area contributed by atoms with Crippen molar-refractivity contribution in [2.24, 2.45) is 0 Å². The molecule has 0 saturated carbocycles. The van der Waals surface area contributed by atoms with E-state index in [1.807, 2.05) is 69.5 Å². The molecular weight excluding hydrogens is 645 g/mol. The summed E-state index contributed by atoms with van der Waals surface area (Å²) >= 11 is 3.38. The zero-order valence-corrected chi connectivity index (χ0v) is 28.6. The summed E-state index contributed by atoms with van der Waals surface area (Å²) in [6, 6.07) is 16.1. The molecule has 0 bridgehead atoms. The van der Waals surface area contributed by atoms with Crippen LogP contribution in [0.4, 0.5) is 11.4 Å². The smallest absolute Gasteiger partial charge is 0.370 e. The Hall–Kier alpha value is -4.67. The molecule has 2 aromatic carbocycles. The lowest BCUT2D eigenvalue weighted by Gasteiger charge is -2.28. The lowest BCUT2D eigenvalue weighted by molar-refractivity contribution is -0.428. The molecule has 1 unspecified atom stereocenters. The number of carbonyl (C=O) groups is 3. The highest BCUT2D eigenvalue weighted by atomic mass is 32.2. The van der Waals surface area contributed by atoms with Crippen molar-refractivity contribution in [2.45, 2.75) is 50.2 Å². The molecule has 3 aliphatic heterocycles. The van der Waals surface area contributed by atoms with Crippen LogP contribution in [0.5, 0.6) is 0 Å². The number of thioether (sulfide) groups is 1. The molecule has 0 spiro atoms. The summed E-state index contributed by atoms with van der Waals surface area (Å²) in [6.07, 6.45) is 6.29. The highest BCUT2D eigenvalue weighted by molar-refractivity contribution is 8.02. The van der Waals surface area contributed by atoms with E-state index in [9.17, 15) is 29.7 Å². The predicted molar refractivity (Wildman–Crippen MR) is 190 cm³/mol. The van der Waals surface area contributed by atoms with Gasteiger partial charge < -0.3 is 20.2 Å². The van der Waals surface area contributed by atoms with Gasteiger partial charge in [0.05, 0.1) is 16.6 Å². The Kier molecular flexibility index (Phi) is 7.64. The summed E-state index contributed by atoms with van der Waals surface area (Å²) < 4.78 is 1.70. The maximum Gasteiger partial charge on any atom is 0.370 e. The fourth-order valence-corrected chi connectivity index (χ4v) is 8.94. The zero-order valence-electron chi connectivity index (χ0n) is 27.0. The number of hydrogen-bond donors (Lipinski definition) is 3. The van der Waals surface area contributed by atoms with E-state index >= 15 is 0 Å². The van der Waals surface area contributed by atoms with Gasteiger partial charge in [-0.2, -0.15) is 4.58 Å². The molecule has 3 N–H and O–H groups in total. The van der Waals surface area contributed by atoms with Crippen LogP contribution in [0.1, 0.15) is 56.1 Å². The Morgan fingerprint density at radius 3 is 2.44 bits per heavy atom. The van der Waals surface area contributed by atoms with Gasteiger partial charge in [0, 0.05) is 44.6 Å². The van der Waals surface area contributed by atoms with Gasteiger partial charge in [-0.15, -0.1) is 23.1 Å². The van der Waals surface area contributed by atoms with Crippen LogP contribution in [0.3, 0.4) is 0 Å². The third kappa shape index (κ3) is 5.05. The van der Waals surface area contributed by atoms with E-state index in [4.69, 9.17) is 0 Å². The number of carbonyl (C=O) groups excluding carboxylic acids is 1. The second kappa shape index (κ2) is 11.5. The molecule has 1 atom stereocenters. The lowest BCUT2D eigenvalue weighted by Crippen LogP contribution is -2.33. The molecule has 4 heterocycles. The van der Waals surface area contributed by atoms with Crippen LogP contribution in [0.15, 0.2) is 100 Å². The fraction of sp³-hybridized carbons (Fsp3) is 0.263. The monoisotopic (exact) mass is 679 g/mol. The van der Waals surface area contributed by atoms with Crippen molar-refractivity contribution in [2.75, 3.05) is 18.0 Å². The van der Waals surface area contributed by atoms with Gasteiger partial charge in [0.1, 0.15) is 12.3 Å². The van der Waals surface area contributed by atoms with Crippen molar-refractivity contribution in [1.29, 1.82) is 0 Å². The number of rotatable bonds is 8. The number of allylic oxidation sites excluding steroid dienone is 6. The maximum absolute atomic E-state index is 13.8. The quantitative estimate of drug-likeness (QED) is 0.164. The van der Waals surface area contributed by atoms with Crippen molar-refractivity contribution in [1.82, 2.24) is 0 Å². The Balaban J connectivity index is 1.28. The van der Waals surface area contributed by atoms with E-state index in [-0.39, 0.29) is 35.8 Å². The molecule has 244 valence electrons. The summed E-state index contributed by atoms with van der Waals surface area (Å²) in [5.74, 6) is -2.61. The molecule has 0 radical (unpaired) electrons. The van der Waals surface area contributed by atoms with Gasteiger partial charge in [0.25, 0.3) is 0 Å². The number of ketones is 1. The average Bonchev–Trinajstić information content (AvgIpc) is 3.83. The van der Waals surface area contributed by atoms with Crippen molar-refractivity contribution in [3.63, 3.8) is 0 Å². The number of benzene rings is 2. The normalized spacial score (nSPS) is 22.1. The number of carboxylic acids is 2. The number of fused-ring (bicyclic) bond motifs is 2. The van der Waals surface area contributed by atoms with E-state index in [2.05, 4.69) is 23.6 Å². The summed E-state index contributed by atoms with van der Waals surface area (Å²) in [4.78, 5) is 40.6. The topological polar surface area (TPSA) is 118 Å². The van der Waals surface area contributed by atoms with Gasteiger partial charge in [-0.25, -0.2) is 4.79 Å². The van der Waals surface area contributed by atoms with Crippen molar-refractivity contribution < 1.29 is 34.3 Å². The number of hydrogen-bond acceptors (Lipinski definition) is 7. The number of Topliss-reactive ketones (excluding diaryl/α,β-unsaturated/α-hetero) is 1. The van der Waals surface area contributed by atoms with E-state index in [1.165, 1.54) is 0 Å². The van der Waals surface area contributed by atoms with Crippen LogP contribution in [-0.2, 0) is 25.2 Å². The molecule has 0 saturated heterocycles. The van der Waals surface area contributed by atoms with Crippen molar-refractivity contribution in [3.8, 4) is 10.4 Å². The van der Waals surface area contributed by atoms with Crippen LogP contribution in [0.2, 0.25) is 0 Å². The molecule has 10 heteroatoms. The molecule has 48 heavy (non-hydrogen) atoms. The molecule has 7 rings (SSSR count). The zero-order chi connectivity index (χ0) is 34.1. The highest BCUT2D eigenvalue weighted by Crippen LogP contribution is 2.51. The molecule has 1 aromatic heterocycles. The third-order valence-electron chi connectivity index (χ3n) is 9.82. The van der Waals surface area contributed by atoms with Crippen molar-refractivity contribution >= 4 is 57.9 Å². The number of carboxylic acid groups (broad SMARTS) is 2. The first-order valence-electron chi connectivity index (χ1n) is 15.7. The summed E-state index contributed by atoms with van der Waals surface area (Å²) in [5.41, 5.74) is 5.67. The largest absolute Gasteiger partial charge is 0.506 e. The number of nitrogens with zero attached hydrogens (tertiary/aromatic N) is 2. The van der Waals surface area contributed by atoms with Crippen LogP contribution < -0.4 is 4.90 Å². The van der Waals surface area contributed by atoms with Crippen LogP contribution in [0.25, 0.3) is 10.4 Å². The summed E-state index contributed by atoms with van der Waals surface area (Å²) in [7, 11) is 0. The van der Waals surface area contributed by atoms with Crippen molar-refractivity contribution in [3.05, 3.63) is 117 Å². The number of thiophene rings is 1. The SMILES string of the molecule is CC1(C)C(=CC2=C(O)C(=CC3=[N+](CC(=O)O)c4ccc(-c5cccs5)cc4C3(C)C)C2=O)N(CC(=O)O)c2ccc(C3CC=CS3)cc21.